The number of rotatable bonds is 7. The number of piperazine rings is 1. The number of nitrogens with two attached hydrogens (primary N) is 1. The molecule has 0 saturated carbocycles. The minimum Gasteiger partial charge on any atom is -0.388 e. The summed E-state index contributed by atoms with van der Waals surface area (Å²) in [6.07, 6.45) is 5.79. The van der Waals surface area contributed by atoms with Crippen LogP contribution in [0.2, 0.25) is 0 Å². The first-order valence-electron chi connectivity index (χ1n) is 13.4. The number of halogens is 2. The Morgan fingerprint density at radius 3 is 2.39 bits per heavy atom. The lowest BCUT2D eigenvalue weighted by atomic mass is 10.0. The van der Waals surface area contributed by atoms with Crippen molar-refractivity contribution in [3.63, 3.8) is 0 Å². The van der Waals surface area contributed by atoms with Gasteiger partial charge in [-0.2, -0.15) is 0 Å². The van der Waals surface area contributed by atoms with Crippen molar-refractivity contribution in [3.8, 4) is 11.1 Å². The highest BCUT2D eigenvalue weighted by atomic mass is 19.1. The first-order valence-corrected chi connectivity index (χ1v) is 13.4. The number of benzene rings is 2. The van der Waals surface area contributed by atoms with Crippen LogP contribution in [0.5, 0.6) is 0 Å². The predicted octanol–water partition coefficient (Wildman–Crippen LogP) is 3.31. The number of hydrogen-bond acceptors (Lipinski definition) is 7. The van der Waals surface area contributed by atoms with Gasteiger partial charge in [-0.15, -0.1) is 0 Å². The summed E-state index contributed by atoms with van der Waals surface area (Å²) in [7, 11) is 4.20. The van der Waals surface area contributed by atoms with Gasteiger partial charge in [-0.1, -0.05) is 12.1 Å². The van der Waals surface area contributed by atoms with Crippen molar-refractivity contribution in [2.45, 2.75) is 25.4 Å². The van der Waals surface area contributed by atoms with Crippen molar-refractivity contribution in [1.29, 1.82) is 0 Å². The number of fused-ring (bicyclic) bond motifs is 1. The van der Waals surface area contributed by atoms with Gasteiger partial charge in [0.15, 0.2) is 0 Å². The van der Waals surface area contributed by atoms with E-state index in [4.69, 9.17) is 10.7 Å². The molecule has 0 bridgehead atoms. The maximum absolute atomic E-state index is 15.2. The first-order chi connectivity index (χ1) is 18.4. The molecular formula is C29H37F2N7. The molecule has 5 rings (SSSR count). The topological polar surface area (TPSA) is 73.6 Å². The second kappa shape index (κ2) is 11.8. The molecule has 38 heavy (non-hydrogen) atoms. The van der Waals surface area contributed by atoms with E-state index in [1.807, 2.05) is 24.4 Å². The van der Waals surface area contributed by atoms with E-state index in [2.05, 4.69) is 39.1 Å². The summed E-state index contributed by atoms with van der Waals surface area (Å²) in [5.74, 6) is -1.07. The van der Waals surface area contributed by atoms with E-state index in [0.29, 0.717) is 40.4 Å². The highest BCUT2D eigenvalue weighted by Gasteiger charge is 2.20. The maximum Gasteiger partial charge on any atom is 0.131 e. The van der Waals surface area contributed by atoms with Gasteiger partial charge >= 0.3 is 0 Å². The van der Waals surface area contributed by atoms with E-state index in [0.717, 1.165) is 57.7 Å². The Balaban J connectivity index is 1.42. The third-order valence-electron chi connectivity index (χ3n) is 7.76. The van der Waals surface area contributed by atoms with Crippen LogP contribution in [0.3, 0.4) is 0 Å². The average molecular weight is 522 g/mol. The molecule has 3 N–H and O–H groups in total. The number of hydrogen-bond donors (Lipinski definition) is 2. The summed E-state index contributed by atoms with van der Waals surface area (Å²) < 4.78 is 30.5. The fourth-order valence-electron chi connectivity index (χ4n) is 5.19. The number of para-hydroxylation sites is 1. The Labute approximate surface area is 223 Å². The standard InChI is InChI=1S/C29H37F2N7/c1-36-8-6-22(7-9-36)33-17-21(16-32)28-18-34-27-5-3-4-23(29(27)35-28)20-14-25(30)24(26(31)15-20)19-38-12-10-37(2)11-13-38/h3-5,14-15,17-18,22,33H,6-13,16,19,32H2,1-2H3/b21-17+. The zero-order valence-corrected chi connectivity index (χ0v) is 22.3. The number of nitrogens with zero attached hydrogens (tertiary/aromatic N) is 5. The van der Waals surface area contributed by atoms with Crippen molar-refractivity contribution in [3.05, 3.63) is 65.6 Å². The van der Waals surface area contributed by atoms with Gasteiger partial charge in [0.1, 0.15) is 11.6 Å². The molecule has 2 aliphatic rings. The van der Waals surface area contributed by atoms with Crippen molar-refractivity contribution in [2.24, 2.45) is 5.73 Å². The number of likely N-dealkylation sites (tertiary alicyclic amines) is 1. The van der Waals surface area contributed by atoms with E-state index in [1.165, 1.54) is 12.1 Å². The highest BCUT2D eigenvalue weighted by molar-refractivity contribution is 5.92. The van der Waals surface area contributed by atoms with Crippen molar-refractivity contribution < 1.29 is 8.78 Å². The van der Waals surface area contributed by atoms with Crippen LogP contribution >= 0.6 is 0 Å². The predicted molar refractivity (Wildman–Crippen MR) is 148 cm³/mol. The van der Waals surface area contributed by atoms with E-state index >= 15 is 8.78 Å². The summed E-state index contributed by atoms with van der Waals surface area (Å²) in [6, 6.07) is 8.75. The molecule has 0 unspecified atom stereocenters. The molecular weight excluding hydrogens is 484 g/mol. The second-order valence-electron chi connectivity index (χ2n) is 10.5. The lowest BCUT2D eigenvalue weighted by Crippen LogP contribution is -2.44. The third kappa shape index (κ3) is 6.02. The van der Waals surface area contributed by atoms with Crippen molar-refractivity contribution >= 4 is 16.6 Å². The Bertz CT molecular complexity index is 1270. The summed E-state index contributed by atoms with van der Waals surface area (Å²) in [4.78, 5) is 16.1. The van der Waals surface area contributed by atoms with Crippen LogP contribution in [0.4, 0.5) is 8.78 Å². The summed E-state index contributed by atoms with van der Waals surface area (Å²) in [5, 5.41) is 3.50. The van der Waals surface area contributed by atoms with Gasteiger partial charge in [-0.05, 0) is 63.8 Å². The van der Waals surface area contributed by atoms with Gasteiger partial charge in [0.2, 0.25) is 0 Å². The lowest BCUT2D eigenvalue weighted by molar-refractivity contribution is 0.145. The van der Waals surface area contributed by atoms with Crippen molar-refractivity contribution in [1.82, 2.24) is 30.0 Å². The SMILES string of the molecule is CN1CCC(N/C=C(\CN)c2cnc3cccc(-c4cc(F)c(CN5CCN(C)CC5)c(F)c4)c3n2)CC1. The fourth-order valence-corrected chi connectivity index (χ4v) is 5.19. The van der Waals surface area contributed by atoms with E-state index < -0.39 is 11.6 Å². The molecule has 7 nitrogen and oxygen atoms in total. The second-order valence-corrected chi connectivity index (χ2v) is 10.5. The molecule has 1 aromatic heterocycles. The maximum atomic E-state index is 15.2. The number of aromatic nitrogens is 2. The van der Waals surface area contributed by atoms with Crippen LogP contribution in [-0.2, 0) is 6.54 Å². The summed E-state index contributed by atoms with van der Waals surface area (Å²) >= 11 is 0. The molecule has 202 valence electrons. The first kappa shape index (κ1) is 26.6. The number of nitrogens with one attached hydrogen (secondary N) is 1. The molecule has 0 aliphatic carbocycles. The van der Waals surface area contributed by atoms with Crippen LogP contribution < -0.4 is 11.1 Å². The highest BCUT2D eigenvalue weighted by Crippen LogP contribution is 2.30. The van der Waals surface area contributed by atoms with Gasteiger partial charge in [-0.3, -0.25) is 9.88 Å². The quantitative estimate of drug-likeness (QED) is 0.494. The smallest absolute Gasteiger partial charge is 0.131 e. The molecule has 0 amide bonds. The van der Waals surface area contributed by atoms with Gasteiger partial charge in [0.25, 0.3) is 0 Å². The Kier molecular flexibility index (Phi) is 8.28. The molecule has 0 radical (unpaired) electrons. The molecule has 3 heterocycles. The average Bonchev–Trinajstić information content (AvgIpc) is 2.92. The van der Waals surface area contributed by atoms with Crippen LogP contribution in [0, 0.1) is 11.6 Å². The molecule has 2 aromatic carbocycles. The lowest BCUT2D eigenvalue weighted by Gasteiger charge is -2.32. The Hall–Kier alpha value is -2.98. The van der Waals surface area contributed by atoms with Crippen LogP contribution in [0.1, 0.15) is 24.1 Å². The fraction of sp³-hybridized carbons (Fsp3) is 0.448. The molecule has 0 atom stereocenters. The minimum absolute atomic E-state index is 0.110. The number of piperidine rings is 1. The Morgan fingerprint density at radius 2 is 1.71 bits per heavy atom. The normalized spacial score (nSPS) is 18.8. The molecule has 2 saturated heterocycles. The summed E-state index contributed by atoms with van der Waals surface area (Å²) in [6.45, 7) is 6.06. The van der Waals surface area contributed by atoms with Crippen LogP contribution in [0.15, 0.2) is 42.7 Å². The largest absolute Gasteiger partial charge is 0.388 e. The van der Waals surface area contributed by atoms with E-state index in [9.17, 15) is 0 Å². The van der Waals surface area contributed by atoms with Gasteiger partial charge in [0, 0.05) is 68.2 Å². The van der Waals surface area contributed by atoms with Crippen molar-refractivity contribution in [2.75, 3.05) is 59.9 Å². The van der Waals surface area contributed by atoms with E-state index in [-0.39, 0.29) is 12.1 Å². The molecule has 2 aliphatic heterocycles. The zero-order chi connectivity index (χ0) is 26.6. The third-order valence-corrected chi connectivity index (χ3v) is 7.76. The van der Waals surface area contributed by atoms with E-state index in [1.54, 1.807) is 6.20 Å². The van der Waals surface area contributed by atoms with Gasteiger partial charge < -0.3 is 20.9 Å². The van der Waals surface area contributed by atoms with Crippen LogP contribution in [-0.4, -0.2) is 90.6 Å². The zero-order valence-electron chi connectivity index (χ0n) is 22.3. The minimum atomic E-state index is -0.537. The Morgan fingerprint density at radius 1 is 1.03 bits per heavy atom. The van der Waals surface area contributed by atoms with Gasteiger partial charge in [0.05, 0.1) is 22.9 Å². The summed E-state index contributed by atoms with van der Waals surface area (Å²) in [5.41, 5.74) is 10.0. The molecule has 9 heteroatoms. The molecule has 2 fully saturated rings. The molecule has 0 spiro atoms. The van der Waals surface area contributed by atoms with Crippen LogP contribution in [0.25, 0.3) is 27.7 Å². The molecule has 3 aromatic rings. The van der Waals surface area contributed by atoms with Gasteiger partial charge in [-0.25, -0.2) is 13.8 Å². The monoisotopic (exact) mass is 521 g/mol. The number of likely N-dealkylation sites (N-methyl/N-ethyl adjacent to an activating group) is 1.